The molecule has 2 heterocycles. The number of hydrogen-bond acceptors (Lipinski definition) is 4. The number of carbonyl (C=O) groups is 3. The van der Waals surface area contributed by atoms with Crippen LogP contribution >= 0.6 is 0 Å². The molecule has 0 atom stereocenters. The lowest BCUT2D eigenvalue weighted by molar-refractivity contribution is -0.119. The molecule has 2 aromatic carbocycles. The van der Waals surface area contributed by atoms with Gasteiger partial charge in [0.15, 0.2) is 0 Å². The molecule has 0 radical (unpaired) electrons. The Balaban J connectivity index is 1.38. The first-order valence-electron chi connectivity index (χ1n) is 11.9. The summed E-state index contributed by atoms with van der Waals surface area (Å²) in [5, 5.41) is 0. The predicted molar refractivity (Wildman–Crippen MR) is 132 cm³/mol. The van der Waals surface area contributed by atoms with Gasteiger partial charge in [-0.2, -0.15) is 0 Å². The number of hydrogen-bond donors (Lipinski definition) is 0. The fourth-order valence-electron chi connectivity index (χ4n) is 4.63. The van der Waals surface area contributed by atoms with Crippen molar-refractivity contribution in [2.24, 2.45) is 0 Å². The van der Waals surface area contributed by atoms with Crippen molar-refractivity contribution in [1.82, 2.24) is 4.90 Å². The fraction of sp³-hybridized carbons (Fsp3) is 0.444. The Morgan fingerprint density at radius 3 is 2.26 bits per heavy atom. The van der Waals surface area contributed by atoms with Gasteiger partial charge in [-0.05, 0) is 75.9 Å². The third kappa shape index (κ3) is 5.08. The highest BCUT2D eigenvalue weighted by Crippen LogP contribution is 2.32. The minimum absolute atomic E-state index is 0.0321. The second-order valence-electron chi connectivity index (χ2n) is 10.0. The maximum Gasteiger partial charge on any atom is 0.414 e. The average molecular weight is 464 g/mol. The number of anilines is 2. The van der Waals surface area contributed by atoms with E-state index in [0.717, 1.165) is 24.9 Å². The SMILES string of the molecule is CN(C(=O)OC(C)(C)C)c1ccc(C(=O)N2CCC(N3C(=O)CCc4ccccc43)CC2)cc1. The van der Waals surface area contributed by atoms with E-state index in [9.17, 15) is 14.4 Å². The predicted octanol–water partition coefficient (Wildman–Crippen LogP) is 4.64. The number of amides is 3. The molecule has 0 unspecified atom stereocenters. The number of piperidine rings is 1. The zero-order valence-corrected chi connectivity index (χ0v) is 20.4. The third-order valence-corrected chi connectivity index (χ3v) is 6.41. The highest BCUT2D eigenvalue weighted by atomic mass is 16.6. The van der Waals surface area contributed by atoms with Gasteiger partial charge in [0.25, 0.3) is 5.91 Å². The van der Waals surface area contributed by atoms with Crippen LogP contribution in [0.5, 0.6) is 0 Å². The van der Waals surface area contributed by atoms with Crippen LogP contribution in [0, 0.1) is 0 Å². The number of para-hydroxylation sites is 1. The van der Waals surface area contributed by atoms with Gasteiger partial charge in [-0.3, -0.25) is 14.5 Å². The molecule has 1 fully saturated rings. The van der Waals surface area contributed by atoms with Crippen molar-refractivity contribution in [3.8, 4) is 0 Å². The first kappa shape index (κ1) is 23.8. The van der Waals surface area contributed by atoms with Gasteiger partial charge < -0.3 is 14.5 Å². The van der Waals surface area contributed by atoms with E-state index in [2.05, 4.69) is 6.07 Å². The first-order chi connectivity index (χ1) is 16.1. The molecule has 34 heavy (non-hydrogen) atoms. The minimum atomic E-state index is -0.575. The number of likely N-dealkylation sites (tertiary alicyclic amines) is 1. The van der Waals surface area contributed by atoms with Crippen LogP contribution in [-0.4, -0.2) is 54.6 Å². The van der Waals surface area contributed by atoms with Crippen LogP contribution in [-0.2, 0) is 16.0 Å². The van der Waals surface area contributed by atoms with Crippen molar-refractivity contribution >= 4 is 29.3 Å². The zero-order valence-electron chi connectivity index (χ0n) is 20.4. The monoisotopic (exact) mass is 463 g/mol. The lowest BCUT2D eigenvalue weighted by Crippen LogP contribution is -2.50. The van der Waals surface area contributed by atoms with Gasteiger partial charge in [0.05, 0.1) is 0 Å². The highest BCUT2D eigenvalue weighted by molar-refractivity contribution is 5.97. The van der Waals surface area contributed by atoms with E-state index in [1.165, 1.54) is 10.5 Å². The van der Waals surface area contributed by atoms with Crippen molar-refractivity contribution < 1.29 is 19.1 Å². The molecule has 0 spiro atoms. The second-order valence-corrected chi connectivity index (χ2v) is 10.0. The summed E-state index contributed by atoms with van der Waals surface area (Å²) in [6, 6.07) is 15.2. The summed E-state index contributed by atoms with van der Waals surface area (Å²) >= 11 is 0. The zero-order chi connectivity index (χ0) is 24.5. The Morgan fingerprint density at radius 1 is 0.971 bits per heavy atom. The summed E-state index contributed by atoms with van der Waals surface area (Å²) in [5.74, 6) is 0.142. The molecule has 0 N–H and O–H groups in total. The van der Waals surface area contributed by atoms with Crippen molar-refractivity contribution in [2.75, 3.05) is 29.9 Å². The highest BCUT2D eigenvalue weighted by Gasteiger charge is 2.33. The molecule has 4 rings (SSSR count). The van der Waals surface area contributed by atoms with Crippen LogP contribution in [0.15, 0.2) is 48.5 Å². The number of benzene rings is 2. The summed E-state index contributed by atoms with van der Waals surface area (Å²) in [5.41, 5.74) is 2.91. The van der Waals surface area contributed by atoms with Gasteiger partial charge in [0.1, 0.15) is 5.60 Å². The largest absolute Gasteiger partial charge is 0.443 e. The van der Waals surface area contributed by atoms with Gasteiger partial charge in [-0.25, -0.2) is 4.79 Å². The van der Waals surface area contributed by atoms with Crippen LogP contribution in [0.25, 0.3) is 0 Å². The molecule has 2 aromatic rings. The quantitative estimate of drug-likeness (QED) is 0.665. The molecule has 1 saturated heterocycles. The summed E-state index contributed by atoms with van der Waals surface area (Å²) in [7, 11) is 1.65. The summed E-state index contributed by atoms with van der Waals surface area (Å²) in [6.07, 6.45) is 2.40. The Hall–Kier alpha value is -3.35. The maximum atomic E-state index is 13.1. The van der Waals surface area contributed by atoms with Gasteiger partial charge in [0, 0.05) is 49.5 Å². The van der Waals surface area contributed by atoms with Crippen molar-refractivity contribution in [2.45, 2.75) is 58.1 Å². The van der Waals surface area contributed by atoms with Crippen molar-refractivity contribution in [3.63, 3.8) is 0 Å². The number of aryl methyl sites for hydroxylation is 1. The van der Waals surface area contributed by atoms with Crippen LogP contribution < -0.4 is 9.80 Å². The van der Waals surface area contributed by atoms with Crippen LogP contribution in [0.3, 0.4) is 0 Å². The Labute approximate surface area is 201 Å². The van der Waals surface area contributed by atoms with Gasteiger partial charge in [-0.15, -0.1) is 0 Å². The lowest BCUT2D eigenvalue weighted by atomic mass is 9.95. The molecule has 0 aromatic heterocycles. The number of nitrogens with zero attached hydrogens (tertiary/aromatic N) is 3. The molecular weight excluding hydrogens is 430 g/mol. The third-order valence-electron chi connectivity index (χ3n) is 6.41. The van der Waals surface area contributed by atoms with E-state index in [1.54, 1.807) is 31.3 Å². The number of rotatable bonds is 3. The molecule has 2 aliphatic heterocycles. The van der Waals surface area contributed by atoms with Gasteiger partial charge >= 0.3 is 6.09 Å². The Kier molecular flexibility index (Phi) is 6.64. The number of fused-ring (bicyclic) bond motifs is 1. The molecule has 7 nitrogen and oxygen atoms in total. The topological polar surface area (TPSA) is 70.2 Å². The summed E-state index contributed by atoms with van der Waals surface area (Å²) in [6.45, 7) is 6.68. The van der Waals surface area contributed by atoms with Gasteiger partial charge in [0.2, 0.25) is 5.91 Å². The average Bonchev–Trinajstić information content (AvgIpc) is 2.82. The number of ether oxygens (including phenoxy) is 1. The number of carbonyl (C=O) groups excluding carboxylic acids is 3. The Morgan fingerprint density at radius 2 is 1.62 bits per heavy atom. The smallest absolute Gasteiger partial charge is 0.414 e. The summed E-state index contributed by atoms with van der Waals surface area (Å²) < 4.78 is 5.40. The first-order valence-corrected chi connectivity index (χ1v) is 11.9. The molecule has 0 bridgehead atoms. The Bertz CT molecular complexity index is 1070. The van der Waals surface area contributed by atoms with Gasteiger partial charge in [-0.1, -0.05) is 18.2 Å². The molecule has 0 saturated carbocycles. The summed E-state index contributed by atoms with van der Waals surface area (Å²) in [4.78, 5) is 43.3. The van der Waals surface area contributed by atoms with E-state index in [0.29, 0.717) is 30.8 Å². The van der Waals surface area contributed by atoms with E-state index in [-0.39, 0.29) is 17.9 Å². The fourth-order valence-corrected chi connectivity index (χ4v) is 4.63. The molecule has 7 heteroatoms. The van der Waals surface area contributed by atoms with Crippen molar-refractivity contribution in [1.29, 1.82) is 0 Å². The van der Waals surface area contributed by atoms with Crippen LogP contribution in [0.2, 0.25) is 0 Å². The van der Waals surface area contributed by atoms with E-state index < -0.39 is 11.7 Å². The minimum Gasteiger partial charge on any atom is -0.443 e. The normalized spacial score (nSPS) is 16.8. The van der Waals surface area contributed by atoms with Crippen molar-refractivity contribution in [3.05, 3.63) is 59.7 Å². The molecule has 180 valence electrons. The molecule has 3 amide bonds. The lowest BCUT2D eigenvalue weighted by Gasteiger charge is -2.41. The molecule has 2 aliphatic rings. The second kappa shape index (κ2) is 9.49. The van der Waals surface area contributed by atoms with Crippen LogP contribution in [0.4, 0.5) is 16.2 Å². The van der Waals surface area contributed by atoms with Crippen LogP contribution in [0.1, 0.15) is 56.0 Å². The van der Waals surface area contributed by atoms with E-state index in [1.807, 2.05) is 48.8 Å². The molecule has 0 aliphatic carbocycles. The van der Waals surface area contributed by atoms with E-state index in [4.69, 9.17) is 4.74 Å². The van der Waals surface area contributed by atoms with E-state index >= 15 is 0 Å². The molecular formula is C27H33N3O4. The maximum absolute atomic E-state index is 13.1. The standard InChI is InChI=1S/C27H33N3O4/c1-27(2,3)34-26(33)28(4)21-12-9-20(10-13-21)25(32)29-17-15-22(16-18-29)30-23-8-6-5-7-19(23)11-14-24(30)31/h5-10,12-13,22H,11,14-18H2,1-4H3.